The van der Waals surface area contributed by atoms with Gasteiger partial charge in [0.2, 0.25) is 5.82 Å². The van der Waals surface area contributed by atoms with Crippen LogP contribution in [0.5, 0.6) is 5.75 Å². The van der Waals surface area contributed by atoms with Gasteiger partial charge in [-0.2, -0.15) is 4.98 Å². The van der Waals surface area contributed by atoms with Crippen LogP contribution in [-0.4, -0.2) is 34.8 Å². The lowest BCUT2D eigenvalue weighted by Gasteiger charge is -2.10. The zero-order valence-corrected chi connectivity index (χ0v) is 21.8. The van der Waals surface area contributed by atoms with Gasteiger partial charge in [0.05, 0.1) is 9.82 Å². The molecule has 2 heterocycles. The molecule has 16 heteroatoms. The van der Waals surface area contributed by atoms with E-state index < -0.39 is 21.3 Å². The van der Waals surface area contributed by atoms with E-state index >= 15 is 0 Å². The number of alkyl halides is 3. The number of nitrogens with one attached hydrogen (secondary N) is 2. The number of nitro benzene ring substituents is 1. The Morgan fingerprint density at radius 2 is 1.55 bits per heavy atom. The number of benzene rings is 3. The van der Waals surface area contributed by atoms with Crippen molar-refractivity contribution in [1.82, 2.24) is 15.1 Å². The van der Waals surface area contributed by atoms with Crippen LogP contribution in [-0.2, 0) is 10.0 Å². The van der Waals surface area contributed by atoms with Gasteiger partial charge in [-0.15, -0.1) is 13.2 Å². The summed E-state index contributed by atoms with van der Waals surface area (Å²) < 4.78 is 73.9. The number of anilines is 3. The van der Waals surface area contributed by atoms with Crippen molar-refractivity contribution in [3.63, 3.8) is 0 Å². The molecule has 12 nitrogen and oxygen atoms in total. The van der Waals surface area contributed by atoms with Crippen molar-refractivity contribution in [2.45, 2.75) is 11.3 Å². The van der Waals surface area contributed by atoms with Crippen LogP contribution in [0.15, 0.2) is 101 Å². The molecule has 3 aromatic carbocycles. The molecule has 0 atom stereocenters. The number of hydrogen-bond donors (Lipinski definition) is 2. The third-order valence-corrected chi connectivity index (χ3v) is 6.94. The molecule has 214 valence electrons. The summed E-state index contributed by atoms with van der Waals surface area (Å²) >= 11 is 0. The lowest BCUT2D eigenvalue weighted by atomic mass is 10.2. The average molecular weight is 599 g/mol. The molecule has 0 aliphatic carbocycles. The van der Waals surface area contributed by atoms with E-state index in [-0.39, 0.29) is 33.7 Å². The second-order valence-electron chi connectivity index (χ2n) is 8.48. The lowest BCUT2D eigenvalue weighted by molar-refractivity contribution is -0.384. The second kappa shape index (κ2) is 11.2. The number of hydrogen-bond acceptors (Lipinski definition) is 10. The molecule has 0 radical (unpaired) electrons. The summed E-state index contributed by atoms with van der Waals surface area (Å²) in [5.41, 5.74) is 1.50. The maximum Gasteiger partial charge on any atom is 0.573 e. The van der Waals surface area contributed by atoms with E-state index in [9.17, 15) is 31.7 Å². The molecule has 0 amide bonds. The molecular formula is C26H17F3N6O6S. The summed E-state index contributed by atoms with van der Waals surface area (Å²) in [5, 5.41) is 17.7. The highest BCUT2D eigenvalue weighted by Crippen LogP contribution is 2.28. The Balaban J connectivity index is 1.26. The van der Waals surface area contributed by atoms with Crippen molar-refractivity contribution in [2.75, 3.05) is 10.0 Å². The van der Waals surface area contributed by atoms with Crippen molar-refractivity contribution in [1.29, 1.82) is 0 Å². The number of nitro groups is 1. The maximum absolute atomic E-state index is 12.6. The molecule has 0 bridgehead atoms. The smallest absolute Gasteiger partial charge is 0.406 e. The minimum Gasteiger partial charge on any atom is -0.406 e. The van der Waals surface area contributed by atoms with Gasteiger partial charge in [0, 0.05) is 40.8 Å². The quantitative estimate of drug-likeness (QED) is 0.149. The molecule has 0 saturated heterocycles. The molecule has 0 aliphatic rings. The molecule has 42 heavy (non-hydrogen) atoms. The molecule has 2 aromatic heterocycles. The van der Waals surface area contributed by atoms with Gasteiger partial charge in [-0.3, -0.25) is 14.8 Å². The summed E-state index contributed by atoms with van der Waals surface area (Å²) in [6.07, 6.45) is -3.30. The van der Waals surface area contributed by atoms with Crippen molar-refractivity contribution in [3.05, 3.63) is 101 Å². The highest BCUT2D eigenvalue weighted by Gasteiger charge is 2.31. The fraction of sp³-hybridized carbons (Fsp3) is 0.0385. The van der Waals surface area contributed by atoms with E-state index in [1.807, 2.05) is 0 Å². The predicted molar refractivity (Wildman–Crippen MR) is 143 cm³/mol. The predicted octanol–water partition coefficient (Wildman–Crippen LogP) is 6.15. The van der Waals surface area contributed by atoms with E-state index in [2.05, 4.69) is 29.9 Å². The minimum atomic E-state index is -4.79. The number of halogens is 3. The fourth-order valence-corrected chi connectivity index (χ4v) is 4.68. The van der Waals surface area contributed by atoms with Gasteiger partial charge in [0.1, 0.15) is 11.6 Å². The van der Waals surface area contributed by atoms with Gasteiger partial charge in [-0.1, -0.05) is 5.16 Å². The summed E-state index contributed by atoms with van der Waals surface area (Å²) in [4.78, 5) is 18.6. The number of sulfonamides is 1. The Kier molecular flexibility index (Phi) is 7.45. The number of pyridine rings is 1. The monoisotopic (exact) mass is 598 g/mol. The first-order chi connectivity index (χ1) is 19.9. The maximum atomic E-state index is 12.6. The Morgan fingerprint density at radius 3 is 2.19 bits per heavy atom. The van der Waals surface area contributed by atoms with Crippen LogP contribution in [0.2, 0.25) is 0 Å². The number of rotatable bonds is 9. The Bertz CT molecular complexity index is 1830. The van der Waals surface area contributed by atoms with Gasteiger partial charge in [0.25, 0.3) is 21.6 Å². The summed E-state index contributed by atoms with van der Waals surface area (Å²) in [5.74, 6) is 0.394. The van der Waals surface area contributed by atoms with Crippen molar-refractivity contribution in [2.24, 2.45) is 0 Å². The lowest BCUT2D eigenvalue weighted by Crippen LogP contribution is -2.16. The molecule has 0 aliphatic heterocycles. The van der Waals surface area contributed by atoms with Crippen molar-refractivity contribution in [3.8, 4) is 28.6 Å². The minimum absolute atomic E-state index is 0.141. The largest absolute Gasteiger partial charge is 0.573 e. The first-order valence-corrected chi connectivity index (χ1v) is 13.2. The van der Waals surface area contributed by atoms with Gasteiger partial charge in [-0.05, 0) is 72.8 Å². The second-order valence-corrected chi connectivity index (χ2v) is 10.2. The standard InChI is InChI=1S/C26H17F3N6O6S/c27-26(28,29)40-21-9-5-18(6-10-21)31-23-15-17(13-14-30-23)24-32-25(41-33-24)16-1-3-19(4-2-16)34-42(38,39)22-11-7-20(8-12-22)35(36)37/h1-15,34H,(H,30,31). The highest BCUT2D eigenvalue weighted by atomic mass is 32.2. The molecule has 0 saturated carbocycles. The average Bonchev–Trinajstić information content (AvgIpc) is 3.44. The molecule has 5 rings (SSSR count). The van der Waals surface area contributed by atoms with Gasteiger partial charge in [-0.25, -0.2) is 13.4 Å². The van der Waals surface area contributed by atoms with Crippen LogP contribution in [0, 0.1) is 10.1 Å². The normalized spacial score (nSPS) is 11.6. The van der Waals surface area contributed by atoms with E-state index in [4.69, 9.17) is 4.52 Å². The summed E-state index contributed by atoms with van der Waals surface area (Å²) in [6.45, 7) is 0. The first-order valence-electron chi connectivity index (χ1n) is 11.8. The first kappa shape index (κ1) is 28.0. The van der Waals surface area contributed by atoms with Gasteiger partial charge in [0.15, 0.2) is 0 Å². The van der Waals surface area contributed by atoms with E-state index in [1.54, 1.807) is 24.3 Å². The number of non-ortho nitro benzene ring substituents is 1. The van der Waals surface area contributed by atoms with Crippen LogP contribution >= 0.6 is 0 Å². The summed E-state index contributed by atoms with van der Waals surface area (Å²) in [7, 11) is -3.99. The van der Waals surface area contributed by atoms with Crippen LogP contribution < -0.4 is 14.8 Å². The van der Waals surface area contributed by atoms with Crippen LogP contribution in [0.25, 0.3) is 22.8 Å². The highest BCUT2D eigenvalue weighted by molar-refractivity contribution is 7.92. The summed E-state index contributed by atoms with van der Waals surface area (Å²) in [6, 6.07) is 19.0. The van der Waals surface area contributed by atoms with Crippen LogP contribution in [0.3, 0.4) is 0 Å². The number of aromatic nitrogens is 3. The molecule has 0 unspecified atom stereocenters. The Morgan fingerprint density at radius 1 is 0.881 bits per heavy atom. The van der Waals surface area contributed by atoms with E-state index in [0.29, 0.717) is 22.6 Å². The topological polar surface area (TPSA) is 162 Å². The van der Waals surface area contributed by atoms with Crippen LogP contribution in [0.1, 0.15) is 0 Å². The molecular weight excluding hydrogens is 581 g/mol. The third kappa shape index (κ3) is 6.79. The van der Waals surface area contributed by atoms with Crippen LogP contribution in [0.4, 0.5) is 36.1 Å². The van der Waals surface area contributed by atoms with E-state index in [0.717, 1.165) is 36.4 Å². The third-order valence-electron chi connectivity index (χ3n) is 5.55. The Labute approximate surface area is 235 Å². The number of nitrogens with zero attached hydrogens (tertiary/aromatic N) is 4. The zero-order chi connectivity index (χ0) is 29.9. The molecule has 5 aromatic rings. The fourth-order valence-electron chi connectivity index (χ4n) is 3.63. The van der Waals surface area contributed by atoms with Gasteiger partial charge < -0.3 is 14.6 Å². The van der Waals surface area contributed by atoms with Crippen molar-refractivity contribution < 1.29 is 35.8 Å². The number of ether oxygens (including phenoxy) is 1. The SMILES string of the molecule is O=[N+]([O-])c1ccc(S(=O)(=O)Nc2ccc(-c3nc(-c4ccnc(Nc5ccc(OC(F)(F)F)cc5)c4)no3)cc2)cc1. The van der Waals surface area contributed by atoms with E-state index in [1.165, 1.54) is 30.5 Å². The molecule has 2 N–H and O–H groups in total. The Hall–Kier alpha value is -5.51. The van der Waals surface area contributed by atoms with Gasteiger partial charge >= 0.3 is 6.36 Å². The van der Waals surface area contributed by atoms with Crippen molar-refractivity contribution >= 4 is 32.9 Å². The zero-order valence-electron chi connectivity index (χ0n) is 20.9. The molecule has 0 spiro atoms. The molecule has 0 fully saturated rings.